The number of pyridine rings is 3. The van der Waals surface area contributed by atoms with E-state index in [0.717, 1.165) is 75.6 Å². The van der Waals surface area contributed by atoms with E-state index in [1.807, 2.05) is 24.3 Å². The van der Waals surface area contributed by atoms with Crippen LogP contribution >= 0.6 is 0 Å². The van der Waals surface area contributed by atoms with Gasteiger partial charge in [-0.05, 0) is 48.7 Å². The van der Waals surface area contributed by atoms with Gasteiger partial charge in [-0.3, -0.25) is 19.9 Å². The highest BCUT2D eigenvalue weighted by atomic mass is 19.1. The molecule has 7 rings (SSSR count). The first-order chi connectivity index (χ1) is 19.6. The predicted molar refractivity (Wildman–Crippen MR) is 153 cm³/mol. The third kappa shape index (κ3) is 4.49. The first-order valence-electron chi connectivity index (χ1n) is 13.5. The molecule has 1 aliphatic rings. The number of rotatable bonds is 5. The zero-order valence-electron chi connectivity index (χ0n) is 21.6. The monoisotopic (exact) mass is 531 g/mol. The molecule has 0 spiro atoms. The van der Waals surface area contributed by atoms with Gasteiger partial charge in [-0.1, -0.05) is 31.4 Å². The average molecular weight is 532 g/mol. The highest BCUT2D eigenvalue weighted by Crippen LogP contribution is 2.35. The number of amides is 1. The summed E-state index contributed by atoms with van der Waals surface area (Å²) in [4.78, 5) is 29.5. The predicted octanol–water partition coefficient (Wildman–Crippen LogP) is 6.89. The van der Waals surface area contributed by atoms with Crippen LogP contribution in [0.15, 0.2) is 73.4 Å². The summed E-state index contributed by atoms with van der Waals surface area (Å²) < 4.78 is 13.9. The van der Waals surface area contributed by atoms with Gasteiger partial charge in [0.1, 0.15) is 5.82 Å². The third-order valence-corrected chi connectivity index (χ3v) is 7.68. The number of anilines is 1. The van der Waals surface area contributed by atoms with Crippen LogP contribution < -0.4 is 5.32 Å². The summed E-state index contributed by atoms with van der Waals surface area (Å²) in [5.74, 6) is -0.164. The van der Waals surface area contributed by atoms with Crippen LogP contribution in [0.5, 0.6) is 0 Å². The van der Waals surface area contributed by atoms with E-state index in [1.54, 1.807) is 37.1 Å². The fourth-order valence-corrected chi connectivity index (χ4v) is 5.61. The molecule has 0 aliphatic heterocycles. The highest BCUT2D eigenvalue weighted by Gasteiger charge is 2.21. The first kappa shape index (κ1) is 24.1. The zero-order valence-corrected chi connectivity index (χ0v) is 21.6. The molecule has 1 aliphatic carbocycles. The minimum Gasteiger partial charge on any atom is -0.352 e. The number of hydrogen-bond acceptors (Lipinski definition) is 5. The van der Waals surface area contributed by atoms with Crippen LogP contribution in [0.3, 0.4) is 0 Å². The van der Waals surface area contributed by atoms with Crippen molar-refractivity contribution < 1.29 is 9.18 Å². The molecule has 1 aromatic carbocycles. The number of hydrogen-bond donors (Lipinski definition) is 3. The lowest BCUT2D eigenvalue weighted by molar-refractivity contribution is -0.120. The fourth-order valence-electron chi connectivity index (χ4n) is 5.61. The van der Waals surface area contributed by atoms with E-state index in [4.69, 9.17) is 0 Å². The second kappa shape index (κ2) is 10.00. The summed E-state index contributed by atoms with van der Waals surface area (Å²) in [6.07, 6.45) is 14.0. The maximum Gasteiger partial charge on any atom is 0.227 e. The molecular weight excluding hydrogens is 505 g/mol. The Morgan fingerprint density at radius 3 is 2.60 bits per heavy atom. The summed E-state index contributed by atoms with van der Waals surface area (Å²) in [7, 11) is 0. The Hall–Kier alpha value is -4.92. The van der Waals surface area contributed by atoms with Gasteiger partial charge in [0.05, 0.1) is 35.0 Å². The molecule has 3 N–H and O–H groups in total. The normalized spacial score (nSPS) is 14.1. The molecule has 6 aromatic rings. The molecule has 5 heterocycles. The van der Waals surface area contributed by atoms with E-state index in [0.29, 0.717) is 11.3 Å². The maximum atomic E-state index is 13.9. The lowest BCUT2D eigenvalue weighted by atomic mass is 9.88. The number of aromatic amines is 2. The van der Waals surface area contributed by atoms with E-state index < -0.39 is 0 Å². The van der Waals surface area contributed by atoms with Gasteiger partial charge in [-0.25, -0.2) is 9.37 Å². The molecule has 8 nitrogen and oxygen atoms in total. The number of H-pyrrole nitrogens is 2. The van der Waals surface area contributed by atoms with Crippen LogP contribution in [0.25, 0.3) is 55.6 Å². The number of carbonyl (C=O) groups excluding carboxylic acids is 1. The summed E-state index contributed by atoms with van der Waals surface area (Å²) >= 11 is 0. The van der Waals surface area contributed by atoms with Crippen LogP contribution in [-0.2, 0) is 4.79 Å². The van der Waals surface area contributed by atoms with Gasteiger partial charge in [0.2, 0.25) is 5.91 Å². The minimum atomic E-state index is -0.296. The SMILES string of the molecule is O=C(Nc1cncc(-c2cnc3n[nH]c(-c4cc5c(-c6cccc(F)c6)cncc5[nH]4)c3c2)c1)C1CCCCC1. The summed E-state index contributed by atoms with van der Waals surface area (Å²) in [5, 5.41) is 12.3. The number of carbonyl (C=O) groups is 1. The first-order valence-corrected chi connectivity index (χ1v) is 13.5. The molecule has 9 heteroatoms. The fraction of sp³-hybridized carbons (Fsp3) is 0.194. The van der Waals surface area contributed by atoms with E-state index in [-0.39, 0.29) is 17.6 Å². The van der Waals surface area contributed by atoms with Crippen molar-refractivity contribution >= 4 is 33.5 Å². The van der Waals surface area contributed by atoms with Gasteiger partial charge in [0, 0.05) is 52.0 Å². The van der Waals surface area contributed by atoms with Crippen molar-refractivity contribution in [1.29, 1.82) is 0 Å². The molecule has 0 unspecified atom stereocenters. The van der Waals surface area contributed by atoms with Crippen molar-refractivity contribution in [2.45, 2.75) is 32.1 Å². The summed E-state index contributed by atoms with van der Waals surface area (Å²) in [6.45, 7) is 0. The molecule has 198 valence electrons. The topological polar surface area (TPSA) is 112 Å². The number of nitrogens with one attached hydrogen (secondary N) is 3. The average Bonchev–Trinajstić information content (AvgIpc) is 3.61. The molecule has 1 fully saturated rings. The number of nitrogens with zero attached hydrogens (tertiary/aromatic N) is 4. The van der Waals surface area contributed by atoms with Crippen LogP contribution in [0.4, 0.5) is 10.1 Å². The van der Waals surface area contributed by atoms with E-state index in [2.05, 4.69) is 35.5 Å². The van der Waals surface area contributed by atoms with Crippen molar-refractivity contribution in [2.75, 3.05) is 5.32 Å². The van der Waals surface area contributed by atoms with Gasteiger partial charge < -0.3 is 10.3 Å². The molecule has 40 heavy (non-hydrogen) atoms. The number of fused-ring (bicyclic) bond motifs is 2. The second-order valence-corrected chi connectivity index (χ2v) is 10.3. The second-order valence-electron chi connectivity index (χ2n) is 10.3. The Morgan fingerprint density at radius 2 is 1.73 bits per heavy atom. The molecule has 0 radical (unpaired) electrons. The molecule has 0 atom stereocenters. The van der Waals surface area contributed by atoms with Crippen LogP contribution in [0.1, 0.15) is 32.1 Å². The molecule has 1 saturated carbocycles. The third-order valence-electron chi connectivity index (χ3n) is 7.68. The maximum absolute atomic E-state index is 13.9. The Morgan fingerprint density at radius 1 is 0.875 bits per heavy atom. The van der Waals surface area contributed by atoms with Crippen molar-refractivity contribution in [1.82, 2.24) is 30.1 Å². The number of aromatic nitrogens is 6. The lowest BCUT2D eigenvalue weighted by Crippen LogP contribution is -2.24. The molecule has 5 aromatic heterocycles. The molecule has 1 amide bonds. The van der Waals surface area contributed by atoms with E-state index in [1.165, 1.54) is 18.6 Å². The van der Waals surface area contributed by atoms with Crippen molar-refractivity contribution in [3.63, 3.8) is 0 Å². The van der Waals surface area contributed by atoms with Gasteiger partial charge in [0.15, 0.2) is 5.65 Å². The molecule has 0 bridgehead atoms. The Bertz CT molecular complexity index is 1870. The smallest absolute Gasteiger partial charge is 0.227 e. The van der Waals surface area contributed by atoms with Crippen molar-refractivity contribution in [3.8, 4) is 33.6 Å². The van der Waals surface area contributed by atoms with Gasteiger partial charge in [-0.2, -0.15) is 5.10 Å². The van der Waals surface area contributed by atoms with Crippen molar-refractivity contribution in [3.05, 3.63) is 79.3 Å². The van der Waals surface area contributed by atoms with Gasteiger partial charge in [0.25, 0.3) is 0 Å². The van der Waals surface area contributed by atoms with Crippen LogP contribution in [0.2, 0.25) is 0 Å². The van der Waals surface area contributed by atoms with E-state index >= 15 is 0 Å². The summed E-state index contributed by atoms with van der Waals surface area (Å²) in [6, 6.07) is 12.4. The minimum absolute atomic E-state index is 0.0651. The standard InChI is InChI=1S/C31H26FN7O/c32-22-8-4-7-19(9-22)26-16-34-17-28-24(26)12-27(37-28)29-25-11-21(14-35-30(25)39-38-29)20-10-23(15-33-13-20)36-31(40)18-5-2-1-3-6-18/h4,7-18,37H,1-3,5-6H2,(H,36,40)(H,35,38,39). The Balaban J connectivity index is 1.23. The quantitative estimate of drug-likeness (QED) is 0.224. The highest BCUT2D eigenvalue weighted by molar-refractivity contribution is 6.00. The van der Waals surface area contributed by atoms with Gasteiger partial charge in [-0.15, -0.1) is 0 Å². The van der Waals surface area contributed by atoms with Crippen LogP contribution in [0, 0.1) is 11.7 Å². The number of benzene rings is 1. The van der Waals surface area contributed by atoms with Gasteiger partial charge >= 0.3 is 0 Å². The van der Waals surface area contributed by atoms with E-state index in [9.17, 15) is 9.18 Å². The molecule has 0 saturated heterocycles. The Kier molecular flexibility index (Phi) is 6.03. The molecular formula is C31H26FN7O. The largest absolute Gasteiger partial charge is 0.352 e. The lowest BCUT2D eigenvalue weighted by Gasteiger charge is -2.20. The number of halogens is 1. The zero-order chi connectivity index (χ0) is 27.1. The Labute approximate surface area is 229 Å². The van der Waals surface area contributed by atoms with Crippen LogP contribution in [-0.4, -0.2) is 36.0 Å². The summed E-state index contributed by atoms with van der Waals surface area (Å²) in [5.41, 5.74) is 6.96. The van der Waals surface area contributed by atoms with Crippen molar-refractivity contribution in [2.24, 2.45) is 5.92 Å².